The maximum Gasteiger partial charge on any atom is 0.311 e. The molecule has 1 unspecified atom stereocenters. The van der Waals surface area contributed by atoms with Crippen LogP contribution in [0.1, 0.15) is 18.7 Å². The van der Waals surface area contributed by atoms with Gasteiger partial charge in [0.15, 0.2) is 0 Å². The number of amides is 2. The van der Waals surface area contributed by atoms with Gasteiger partial charge in [-0.25, -0.2) is 4.79 Å². The lowest BCUT2D eigenvalue weighted by Gasteiger charge is -2.29. The van der Waals surface area contributed by atoms with E-state index in [4.69, 9.17) is 0 Å². The number of rotatable bonds is 4. The Hall–Kier alpha value is -3.00. The van der Waals surface area contributed by atoms with Crippen LogP contribution in [0.25, 0.3) is 0 Å². The van der Waals surface area contributed by atoms with Gasteiger partial charge in [-0.05, 0) is 25.1 Å². The number of nitro groups is 1. The first-order valence-electron chi connectivity index (χ1n) is 6.43. The highest BCUT2D eigenvalue weighted by molar-refractivity contribution is 5.95. The molecular formula is C14H13N4O4-. The van der Waals surface area contributed by atoms with Crippen LogP contribution in [0.2, 0.25) is 0 Å². The molecule has 114 valence electrons. The molecule has 1 atom stereocenters. The van der Waals surface area contributed by atoms with Crippen molar-refractivity contribution in [2.24, 2.45) is 0 Å². The Kier molecular flexibility index (Phi) is 4.64. The minimum Gasteiger partial charge on any atom is -0.750 e. The van der Waals surface area contributed by atoms with Crippen LogP contribution in [0.15, 0.2) is 48.7 Å². The Morgan fingerprint density at radius 1 is 1.27 bits per heavy atom. The minimum absolute atomic E-state index is 0.0302. The van der Waals surface area contributed by atoms with Gasteiger partial charge in [0.2, 0.25) is 0 Å². The van der Waals surface area contributed by atoms with Crippen LogP contribution < -0.4 is 10.4 Å². The zero-order valence-electron chi connectivity index (χ0n) is 11.7. The maximum absolute atomic E-state index is 12.0. The van der Waals surface area contributed by atoms with Gasteiger partial charge in [0, 0.05) is 12.3 Å². The second kappa shape index (κ2) is 6.64. The monoisotopic (exact) mass is 301 g/mol. The molecular weight excluding hydrogens is 288 g/mol. The van der Waals surface area contributed by atoms with E-state index in [1.54, 1.807) is 31.3 Å². The first-order chi connectivity index (χ1) is 10.5. The van der Waals surface area contributed by atoms with E-state index in [-0.39, 0.29) is 10.8 Å². The van der Waals surface area contributed by atoms with E-state index in [1.807, 2.05) is 0 Å². The van der Waals surface area contributed by atoms with E-state index >= 15 is 0 Å². The van der Waals surface area contributed by atoms with Crippen LogP contribution in [0.3, 0.4) is 0 Å². The maximum atomic E-state index is 12.0. The lowest BCUT2D eigenvalue weighted by atomic mass is 10.2. The molecule has 0 fully saturated rings. The van der Waals surface area contributed by atoms with Gasteiger partial charge in [0.05, 0.1) is 16.7 Å². The largest absolute Gasteiger partial charge is 0.750 e. The SMILES string of the molecule is CC(NC(=O)N([O-])c1ccccc1[N+](=O)[O-])c1ccccn1. The number of nitro benzene ring substituents is 1. The molecule has 0 radical (unpaired) electrons. The lowest BCUT2D eigenvalue weighted by molar-refractivity contribution is -0.384. The molecule has 8 heteroatoms. The summed E-state index contributed by atoms with van der Waals surface area (Å²) in [5, 5.41) is 25.3. The van der Waals surface area contributed by atoms with Gasteiger partial charge in [-0.1, -0.05) is 18.2 Å². The van der Waals surface area contributed by atoms with E-state index < -0.39 is 22.7 Å². The molecule has 2 amide bonds. The molecule has 0 aliphatic carbocycles. The normalized spacial score (nSPS) is 11.5. The average molecular weight is 301 g/mol. The highest BCUT2D eigenvalue weighted by atomic mass is 16.6. The standard InChI is InChI=1S/C14H13N4O4/c1-10(11-6-4-5-9-15-11)16-14(19)17(20)12-7-2-3-8-13(12)18(21)22/h2-10H,1H3,(H,16,19)/q-1. The van der Waals surface area contributed by atoms with Crippen LogP contribution in [0.5, 0.6) is 0 Å². The molecule has 0 saturated heterocycles. The van der Waals surface area contributed by atoms with Crippen molar-refractivity contribution in [1.82, 2.24) is 10.3 Å². The van der Waals surface area contributed by atoms with Gasteiger partial charge < -0.3 is 15.6 Å². The third-order valence-corrected chi connectivity index (χ3v) is 2.95. The van der Waals surface area contributed by atoms with Gasteiger partial charge in [-0.3, -0.25) is 15.1 Å². The Morgan fingerprint density at radius 2 is 1.95 bits per heavy atom. The number of pyridine rings is 1. The van der Waals surface area contributed by atoms with Crippen molar-refractivity contribution in [3.63, 3.8) is 0 Å². The molecule has 1 heterocycles. The summed E-state index contributed by atoms with van der Waals surface area (Å²) in [5.41, 5.74) is -0.178. The molecule has 1 aromatic heterocycles. The fourth-order valence-electron chi connectivity index (χ4n) is 1.85. The number of benzene rings is 1. The Balaban J connectivity index is 2.15. The van der Waals surface area contributed by atoms with E-state index in [0.717, 1.165) is 6.07 Å². The van der Waals surface area contributed by atoms with Gasteiger partial charge in [0.1, 0.15) is 5.69 Å². The summed E-state index contributed by atoms with van der Waals surface area (Å²) in [5.74, 6) is 0. The number of aromatic nitrogens is 1. The van der Waals surface area contributed by atoms with Crippen LogP contribution in [-0.2, 0) is 0 Å². The first kappa shape index (κ1) is 15.4. The van der Waals surface area contributed by atoms with Crippen molar-refractivity contribution in [1.29, 1.82) is 0 Å². The summed E-state index contributed by atoms with van der Waals surface area (Å²) in [7, 11) is 0. The summed E-state index contributed by atoms with van der Waals surface area (Å²) < 4.78 is 0. The minimum atomic E-state index is -0.993. The van der Waals surface area contributed by atoms with Crippen molar-refractivity contribution in [3.05, 3.63) is 69.7 Å². The van der Waals surface area contributed by atoms with E-state index in [9.17, 15) is 20.1 Å². The fraction of sp³-hybridized carbons (Fsp3) is 0.143. The number of nitrogens with one attached hydrogen (secondary N) is 1. The van der Waals surface area contributed by atoms with Crippen LogP contribution in [0.4, 0.5) is 16.2 Å². The number of hydrogen-bond donors (Lipinski definition) is 1. The number of carbonyl (C=O) groups excluding carboxylic acids is 1. The predicted octanol–water partition coefficient (Wildman–Crippen LogP) is 2.76. The van der Waals surface area contributed by atoms with Crippen molar-refractivity contribution in [2.45, 2.75) is 13.0 Å². The van der Waals surface area contributed by atoms with Crippen molar-refractivity contribution < 1.29 is 9.72 Å². The number of carbonyl (C=O) groups is 1. The zero-order chi connectivity index (χ0) is 16.1. The summed E-state index contributed by atoms with van der Waals surface area (Å²) >= 11 is 0. The summed E-state index contributed by atoms with van der Waals surface area (Å²) in [4.78, 5) is 26.2. The third kappa shape index (κ3) is 3.36. The molecule has 0 spiro atoms. The molecule has 2 aromatic rings. The molecule has 0 bridgehead atoms. The molecule has 22 heavy (non-hydrogen) atoms. The number of urea groups is 1. The van der Waals surface area contributed by atoms with Crippen LogP contribution in [0, 0.1) is 15.3 Å². The van der Waals surface area contributed by atoms with Crippen molar-refractivity contribution in [3.8, 4) is 0 Å². The van der Waals surface area contributed by atoms with E-state index in [1.165, 1.54) is 18.2 Å². The Bertz CT molecular complexity index is 678. The van der Waals surface area contributed by atoms with Gasteiger partial charge in [-0.2, -0.15) is 0 Å². The zero-order valence-corrected chi connectivity index (χ0v) is 11.7. The average Bonchev–Trinajstić information content (AvgIpc) is 2.54. The molecule has 0 saturated carbocycles. The van der Waals surface area contributed by atoms with Crippen molar-refractivity contribution in [2.75, 3.05) is 5.06 Å². The van der Waals surface area contributed by atoms with Gasteiger partial charge >= 0.3 is 6.03 Å². The molecule has 1 N–H and O–H groups in total. The van der Waals surface area contributed by atoms with Gasteiger partial charge in [-0.15, -0.1) is 0 Å². The third-order valence-electron chi connectivity index (χ3n) is 2.95. The second-order valence-electron chi connectivity index (χ2n) is 4.47. The highest BCUT2D eigenvalue weighted by Gasteiger charge is 2.19. The Morgan fingerprint density at radius 3 is 2.59 bits per heavy atom. The molecule has 1 aromatic carbocycles. The number of hydroxylamine groups is 1. The predicted molar refractivity (Wildman–Crippen MR) is 80.1 cm³/mol. The fourth-order valence-corrected chi connectivity index (χ4v) is 1.85. The van der Waals surface area contributed by atoms with Crippen LogP contribution >= 0.6 is 0 Å². The molecule has 2 rings (SSSR count). The van der Waals surface area contributed by atoms with Crippen LogP contribution in [-0.4, -0.2) is 15.9 Å². The number of para-hydroxylation sites is 2. The first-order valence-corrected chi connectivity index (χ1v) is 6.43. The number of anilines is 1. The Labute approximate surface area is 126 Å². The lowest BCUT2D eigenvalue weighted by Crippen LogP contribution is -2.38. The highest BCUT2D eigenvalue weighted by Crippen LogP contribution is 2.27. The smallest absolute Gasteiger partial charge is 0.311 e. The molecule has 8 nitrogen and oxygen atoms in total. The van der Waals surface area contributed by atoms with Crippen molar-refractivity contribution >= 4 is 17.4 Å². The summed E-state index contributed by atoms with van der Waals surface area (Å²) in [6, 6.07) is 8.93. The van der Waals surface area contributed by atoms with Gasteiger partial charge in [0.25, 0.3) is 5.69 Å². The molecule has 0 aliphatic heterocycles. The summed E-state index contributed by atoms with van der Waals surface area (Å²) in [6.45, 7) is 1.66. The summed E-state index contributed by atoms with van der Waals surface area (Å²) in [6.07, 6.45) is 1.56. The van der Waals surface area contributed by atoms with E-state index in [2.05, 4.69) is 10.3 Å². The molecule has 0 aliphatic rings. The van der Waals surface area contributed by atoms with E-state index in [0.29, 0.717) is 5.69 Å². The topological polar surface area (TPSA) is 111 Å². The number of nitrogens with zero attached hydrogens (tertiary/aromatic N) is 3. The quantitative estimate of drug-likeness (QED) is 0.689. The second-order valence-corrected chi connectivity index (χ2v) is 4.47. The number of hydrogen-bond acceptors (Lipinski definition) is 5.